The lowest BCUT2D eigenvalue weighted by Gasteiger charge is -2.33. The summed E-state index contributed by atoms with van der Waals surface area (Å²) in [7, 11) is 0. The fourth-order valence-corrected chi connectivity index (χ4v) is 4.72. The standard InChI is InChI=1S/C22H24N2O2S/c1-2-19(26-17-8-4-3-5-9-17)22(25)24-14-12-16(13-15-24)21-23-18-10-6-7-11-20(18)27-21/h3-11,16,19H,2,12-15H2,1H3/t19-/m1/s1. The second-order valence-corrected chi connectivity index (χ2v) is 8.01. The predicted molar refractivity (Wildman–Crippen MR) is 109 cm³/mol. The third kappa shape index (κ3) is 3.98. The number of amides is 1. The number of carbonyl (C=O) groups is 1. The first-order chi connectivity index (χ1) is 13.2. The first-order valence-electron chi connectivity index (χ1n) is 9.60. The summed E-state index contributed by atoms with van der Waals surface area (Å²) in [5.74, 6) is 1.30. The summed E-state index contributed by atoms with van der Waals surface area (Å²) in [5, 5.41) is 1.20. The van der Waals surface area contributed by atoms with Crippen LogP contribution >= 0.6 is 11.3 Å². The first-order valence-corrected chi connectivity index (χ1v) is 10.4. The second kappa shape index (κ2) is 8.09. The fraction of sp³-hybridized carbons (Fsp3) is 0.364. The lowest BCUT2D eigenvalue weighted by molar-refractivity contribution is -0.140. The maximum atomic E-state index is 12.9. The molecule has 1 aromatic heterocycles. The number of aromatic nitrogens is 1. The molecule has 0 unspecified atom stereocenters. The normalized spacial score (nSPS) is 16.4. The van der Waals surface area contributed by atoms with Crippen LogP contribution in [0, 0.1) is 0 Å². The summed E-state index contributed by atoms with van der Waals surface area (Å²) in [6, 6.07) is 17.9. The summed E-state index contributed by atoms with van der Waals surface area (Å²) in [4.78, 5) is 19.7. The van der Waals surface area contributed by atoms with Gasteiger partial charge in [0, 0.05) is 19.0 Å². The van der Waals surface area contributed by atoms with Gasteiger partial charge in [0.05, 0.1) is 15.2 Å². The number of piperidine rings is 1. The van der Waals surface area contributed by atoms with Gasteiger partial charge in [-0.05, 0) is 43.5 Å². The van der Waals surface area contributed by atoms with E-state index >= 15 is 0 Å². The molecule has 2 aromatic carbocycles. The highest BCUT2D eigenvalue weighted by Crippen LogP contribution is 2.34. The zero-order chi connectivity index (χ0) is 18.6. The van der Waals surface area contributed by atoms with E-state index in [1.54, 1.807) is 11.3 Å². The van der Waals surface area contributed by atoms with Gasteiger partial charge in [-0.2, -0.15) is 0 Å². The third-order valence-corrected chi connectivity index (χ3v) is 6.33. The van der Waals surface area contributed by atoms with E-state index in [4.69, 9.17) is 9.72 Å². The number of ether oxygens (including phenoxy) is 1. The smallest absolute Gasteiger partial charge is 0.263 e. The van der Waals surface area contributed by atoms with Crippen LogP contribution in [0.2, 0.25) is 0 Å². The SMILES string of the molecule is CC[C@@H](Oc1ccccc1)C(=O)N1CCC(c2nc3ccccc3s2)CC1. The van der Waals surface area contributed by atoms with Gasteiger partial charge in [-0.15, -0.1) is 11.3 Å². The number of hydrogen-bond donors (Lipinski definition) is 0. The van der Waals surface area contributed by atoms with Crippen LogP contribution in [0.3, 0.4) is 0 Å². The molecule has 5 heteroatoms. The summed E-state index contributed by atoms with van der Waals surface area (Å²) >= 11 is 1.79. The van der Waals surface area contributed by atoms with E-state index in [-0.39, 0.29) is 5.91 Å². The third-order valence-electron chi connectivity index (χ3n) is 5.13. The van der Waals surface area contributed by atoms with Crippen molar-refractivity contribution in [2.24, 2.45) is 0 Å². The molecule has 3 aromatic rings. The van der Waals surface area contributed by atoms with Crippen LogP contribution in [0.25, 0.3) is 10.2 Å². The second-order valence-electron chi connectivity index (χ2n) is 6.95. The molecule has 4 rings (SSSR count). The molecule has 1 saturated heterocycles. The van der Waals surface area contributed by atoms with Crippen LogP contribution in [0.15, 0.2) is 54.6 Å². The Balaban J connectivity index is 1.38. The monoisotopic (exact) mass is 380 g/mol. The highest BCUT2D eigenvalue weighted by Gasteiger charge is 2.30. The average Bonchev–Trinajstić information content (AvgIpc) is 3.17. The molecule has 0 spiro atoms. The Bertz CT molecular complexity index is 868. The molecule has 1 aliphatic heterocycles. The van der Waals surface area contributed by atoms with E-state index < -0.39 is 6.10 Å². The van der Waals surface area contributed by atoms with Gasteiger partial charge in [0.15, 0.2) is 6.10 Å². The molecule has 1 amide bonds. The Morgan fingerprint density at radius 1 is 1.15 bits per heavy atom. The number of carbonyl (C=O) groups excluding carboxylic acids is 1. The van der Waals surface area contributed by atoms with Gasteiger partial charge < -0.3 is 9.64 Å². The van der Waals surface area contributed by atoms with Crippen molar-refractivity contribution in [3.63, 3.8) is 0 Å². The largest absolute Gasteiger partial charge is 0.481 e. The highest BCUT2D eigenvalue weighted by molar-refractivity contribution is 7.18. The van der Waals surface area contributed by atoms with Gasteiger partial charge in [-0.3, -0.25) is 4.79 Å². The number of benzene rings is 2. The number of hydrogen-bond acceptors (Lipinski definition) is 4. The Labute approximate surface area is 163 Å². The molecular formula is C22H24N2O2S. The van der Waals surface area contributed by atoms with Gasteiger partial charge in [-0.1, -0.05) is 37.3 Å². The van der Waals surface area contributed by atoms with E-state index in [9.17, 15) is 4.79 Å². The quantitative estimate of drug-likeness (QED) is 0.635. The molecule has 27 heavy (non-hydrogen) atoms. The van der Waals surface area contributed by atoms with Gasteiger partial charge >= 0.3 is 0 Å². The molecule has 0 saturated carbocycles. The Morgan fingerprint density at radius 3 is 2.56 bits per heavy atom. The molecule has 0 bridgehead atoms. The highest BCUT2D eigenvalue weighted by atomic mass is 32.1. The van der Waals surface area contributed by atoms with Crippen LogP contribution in [0.4, 0.5) is 0 Å². The number of likely N-dealkylation sites (tertiary alicyclic amines) is 1. The summed E-state index contributed by atoms with van der Waals surface area (Å²) < 4.78 is 7.17. The minimum Gasteiger partial charge on any atom is -0.481 e. The molecule has 0 aliphatic carbocycles. The van der Waals surface area contributed by atoms with Crippen LogP contribution in [0.1, 0.15) is 37.1 Å². The zero-order valence-electron chi connectivity index (χ0n) is 15.5. The van der Waals surface area contributed by atoms with Gasteiger partial charge in [0.1, 0.15) is 5.75 Å². The average molecular weight is 381 g/mol. The topological polar surface area (TPSA) is 42.4 Å². The van der Waals surface area contributed by atoms with Crippen molar-refractivity contribution in [1.82, 2.24) is 9.88 Å². The van der Waals surface area contributed by atoms with E-state index in [0.29, 0.717) is 12.3 Å². The van der Waals surface area contributed by atoms with E-state index in [1.807, 2.05) is 48.2 Å². The number of nitrogens with zero attached hydrogens (tertiary/aromatic N) is 2. The van der Waals surface area contributed by atoms with Crippen molar-refractivity contribution in [2.75, 3.05) is 13.1 Å². The van der Waals surface area contributed by atoms with Crippen molar-refractivity contribution < 1.29 is 9.53 Å². The predicted octanol–water partition coefficient (Wildman–Crippen LogP) is 4.86. The van der Waals surface area contributed by atoms with Crippen molar-refractivity contribution in [3.05, 3.63) is 59.6 Å². The first kappa shape index (κ1) is 18.0. The van der Waals surface area contributed by atoms with Crippen molar-refractivity contribution in [2.45, 2.75) is 38.2 Å². The number of rotatable bonds is 5. The fourth-order valence-electron chi connectivity index (χ4n) is 3.59. The van der Waals surface area contributed by atoms with E-state index in [2.05, 4.69) is 18.2 Å². The van der Waals surface area contributed by atoms with Gasteiger partial charge in [0.2, 0.25) is 0 Å². The summed E-state index contributed by atoms with van der Waals surface area (Å²) in [6.07, 6.45) is 2.19. The van der Waals surface area contributed by atoms with Crippen molar-refractivity contribution >= 4 is 27.5 Å². The van der Waals surface area contributed by atoms with Gasteiger partial charge in [-0.25, -0.2) is 4.98 Å². The zero-order valence-corrected chi connectivity index (χ0v) is 16.3. The molecule has 4 nitrogen and oxygen atoms in total. The van der Waals surface area contributed by atoms with Crippen LogP contribution < -0.4 is 4.74 Å². The lowest BCUT2D eigenvalue weighted by atomic mass is 9.97. The lowest BCUT2D eigenvalue weighted by Crippen LogP contribution is -2.45. The maximum Gasteiger partial charge on any atom is 0.263 e. The number of para-hydroxylation sites is 2. The molecule has 1 fully saturated rings. The summed E-state index contributed by atoms with van der Waals surface area (Å²) in [6.45, 7) is 3.54. The molecule has 1 atom stereocenters. The Morgan fingerprint density at radius 2 is 1.85 bits per heavy atom. The number of fused-ring (bicyclic) bond motifs is 1. The van der Waals surface area contributed by atoms with Crippen molar-refractivity contribution in [1.29, 1.82) is 0 Å². The Hall–Kier alpha value is -2.40. The van der Waals surface area contributed by atoms with Crippen LogP contribution in [-0.2, 0) is 4.79 Å². The van der Waals surface area contributed by atoms with Crippen molar-refractivity contribution in [3.8, 4) is 5.75 Å². The molecule has 2 heterocycles. The minimum atomic E-state index is -0.411. The Kier molecular flexibility index (Phi) is 5.39. The summed E-state index contributed by atoms with van der Waals surface area (Å²) in [5.41, 5.74) is 1.08. The molecular weight excluding hydrogens is 356 g/mol. The number of thiazole rings is 1. The minimum absolute atomic E-state index is 0.101. The molecule has 0 radical (unpaired) electrons. The van der Waals surface area contributed by atoms with E-state index in [1.165, 1.54) is 9.71 Å². The molecule has 0 N–H and O–H groups in total. The molecule has 1 aliphatic rings. The van der Waals surface area contributed by atoms with Crippen LogP contribution in [-0.4, -0.2) is 35.0 Å². The maximum absolute atomic E-state index is 12.9. The van der Waals surface area contributed by atoms with E-state index in [0.717, 1.165) is 37.2 Å². The molecule has 140 valence electrons. The van der Waals surface area contributed by atoms with Gasteiger partial charge in [0.25, 0.3) is 5.91 Å². The van der Waals surface area contributed by atoms with Crippen LogP contribution in [0.5, 0.6) is 5.75 Å².